The first-order chi connectivity index (χ1) is 16.2. The minimum absolute atomic E-state index is 0.135. The Hall–Kier alpha value is -4.06. The summed E-state index contributed by atoms with van der Waals surface area (Å²) < 4.78 is 67.6. The molecule has 2 aromatic heterocycles. The maximum absolute atomic E-state index is 13.3. The van der Waals surface area contributed by atoms with Gasteiger partial charge in [0.15, 0.2) is 11.5 Å². The zero-order chi connectivity index (χ0) is 24.1. The number of alkyl halides is 2. The Kier molecular flexibility index (Phi) is 4.97. The third-order valence-electron chi connectivity index (χ3n) is 5.16. The van der Waals surface area contributed by atoms with E-state index in [0.29, 0.717) is 11.3 Å². The van der Waals surface area contributed by atoms with E-state index in [2.05, 4.69) is 19.6 Å². The molecule has 0 aliphatic carbocycles. The van der Waals surface area contributed by atoms with E-state index in [4.69, 9.17) is 4.74 Å². The van der Waals surface area contributed by atoms with Gasteiger partial charge in [0, 0.05) is 23.7 Å². The molecule has 2 aromatic carbocycles. The molecule has 0 unspecified atom stereocenters. The van der Waals surface area contributed by atoms with Crippen LogP contribution in [0.3, 0.4) is 0 Å². The zero-order valence-corrected chi connectivity index (χ0v) is 18.3. The Morgan fingerprint density at radius 2 is 1.74 bits per heavy atom. The Balaban J connectivity index is 1.47. The van der Waals surface area contributed by atoms with Crippen LogP contribution in [0.1, 0.15) is 5.56 Å². The molecule has 1 aliphatic rings. The van der Waals surface area contributed by atoms with Crippen molar-refractivity contribution >= 4 is 20.6 Å². The molecule has 0 bridgehead atoms. The topological polar surface area (TPSA) is 110 Å². The average Bonchev–Trinajstić information content (AvgIpc) is 3.14. The van der Waals surface area contributed by atoms with Crippen LogP contribution in [0, 0.1) is 0 Å². The summed E-state index contributed by atoms with van der Waals surface area (Å²) in [6.07, 6.45) is -0.915. The summed E-state index contributed by atoms with van der Waals surface area (Å²) in [7, 11) is -2.61. The Bertz CT molecular complexity index is 1590. The molecule has 0 saturated heterocycles. The largest absolute Gasteiger partial charge is 0.586 e. The summed E-state index contributed by atoms with van der Waals surface area (Å²) in [6, 6.07) is 10.6. The standard InChI is InChI=1S/C22H15F2N3O6S/c1-31-20-7-2-13(10-25-20)12-27-21(28)17-5-3-15(8-14(17)11-26-27)34(29,30)16-4-6-18-19(9-16)33-22(23,24)32-18/h2-11H,12H2,1H3. The first kappa shape index (κ1) is 21.8. The van der Waals surface area contributed by atoms with Gasteiger partial charge in [-0.2, -0.15) is 5.10 Å². The number of sulfone groups is 1. The fraction of sp³-hybridized carbons (Fsp3) is 0.136. The van der Waals surface area contributed by atoms with Gasteiger partial charge in [-0.3, -0.25) is 4.79 Å². The van der Waals surface area contributed by atoms with Crippen molar-refractivity contribution in [1.82, 2.24) is 14.8 Å². The predicted octanol–water partition coefficient (Wildman–Crippen LogP) is 3.00. The number of pyridine rings is 1. The Morgan fingerprint density at radius 1 is 1.00 bits per heavy atom. The molecule has 0 amide bonds. The lowest BCUT2D eigenvalue weighted by Gasteiger charge is -2.09. The van der Waals surface area contributed by atoms with Gasteiger partial charge >= 0.3 is 6.29 Å². The molecule has 0 spiro atoms. The normalized spacial score (nSPS) is 14.3. The molecule has 0 fully saturated rings. The highest BCUT2D eigenvalue weighted by molar-refractivity contribution is 7.91. The van der Waals surface area contributed by atoms with Gasteiger partial charge in [0.05, 0.1) is 35.0 Å². The second-order valence-corrected chi connectivity index (χ2v) is 9.29. The lowest BCUT2D eigenvalue weighted by atomic mass is 10.2. The van der Waals surface area contributed by atoms with Crippen molar-refractivity contribution in [1.29, 1.82) is 0 Å². The van der Waals surface area contributed by atoms with Gasteiger partial charge in [-0.25, -0.2) is 18.1 Å². The van der Waals surface area contributed by atoms with Crippen LogP contribution in [-0.2, 0) is 16.4 Å². The molecule has 1 aliphatic heterocycles. The summed E-state index contributed by atoms with van der Waals surface area (Å²) in [5.41, 5.74) is 0.310. The molecule has 9 nitrogen and oxygen atoms in total. The number of rotatable bonds is 5. The number of aromatic nitrogens is 3. The van der Waals surface area contributed by atoms with Gasteiger partial charge < -0.3 is 14.2 Å². The van der Waals surface area contributed by atoms with Crippen molar-refractivity contribution in [3.8, 4) is 17.4 Å². The maximum Gasteiger partial charge on any atom is 0.586 e. The SMILES string of the molecule is COc1ccc(Cn2ncc3cc(S(=O)(=O)c4ccc5c(c4)OC(F)(F)O5)ccc3c2=O)cn1. The van der Waals surface area contributed by atoms with Crippen molar-refractivity contribution in [3.05, 3.63) is 76.8 Å². The third kappa shape index (κ3) is 3.81. The van der Waals surface area contributed by atoms with Crippen molar-refractivity contribution < 1.29 is 31.4 Å². The van der Waals surface area contributed by atoms with Crippen LogP contribution in [0.25, 0.3) is 10.8 Å². The lowest BCUT2D eigenvalue weighted by molar-refractivity contribution is -0.286. The van der Waals surface area contributed by atoms with E-state index < -0.39 is 21.7 Å². The van der Waals surface area contributed by atoms with Crippen LogP contribution >= 0.6 is 0 Å². The maximum atomic E-state index is 13.3. The van der Waals surface area contributed by atoms with Crippen LogP contribution in [-0.4, -0.2) is 36.6 Å². The second-order valence-electron chi connectivity index (χ2n) is 7.34. The number of hydrogen-bond acceptors (Lipinski definition) is 8. The molecular weight excluding hydrogens is 472 g/mol. The van der Waals surface area contributed by atoms with Gasteiger partial charge in [-0.05, 0) is 35.9 Å². The van der Waals surface area contributed by atoms with Crippen LogP contribution in [0.4, 0.5) is 8.78 Å². The summed E-state index contributed by atoms with van der Waals surface area (Å²) in [6.45, 7) is 0.160. The van der Waals surface area contributed by atoms with E-state index >= 15 is 0 Å². The number of halogens is 2. The molecule has 0 radical (unpaired) electrons. The van der Waals surface area contributed by atoms with E-state index in [1.165, 1.54) is 36.2 Å². The molecule has 5 rings (SSSR count). The molecule has 0 N–H and O–H groups in total. The van der Waals surface area contributed by atoms with E-state index in [1.807, 2.05) is 0 Å². The van der Waals surface area contributed by atoms with Crippen LogP contribution in [0.15, 0.2) is 75.5 Å². The van der Waals surface area contributed by atoms with E-state index in [1.54, 1.807) is 18.3 Å². The molecule has 4 aromatic rings. The van der Waals surface area contributed by atoms with Crippen LogP contribution in [0.2, 0.25) is 0 Å². The second kappa shape index (κ2) is 7.76. The van der Waals surface area contributed by atoms with Crippen LogP contribution < -0.4 is 19.8 Å². The van der Waals surface area contributed by atoms with Crippen molar-refractivity contribution in [2.75, 3.05) is 7.11 Å². The number of benzene rings is 2. The third-order valence-corrected chi connectivity index (χ3v) is 6.91. The number of methoxy groups -OCH3 is 1. The lowest BCUT2D eigenvalue weighted by Crippen LogP contribution is -2.25. The quantitative estimate of drug-likeness (QED) is 0.423. The van der Waals surface area contributed by atoms with E-state index in [-0.39, 0.29) is 33.2 Å². The summed E-state index contributed by atoms with van der Waals surface area (Å²) in [5.74, 6) is -0.212. The first-order valence-electron chi connectivity index (χ1n) is 9.80. The number of nitrogens with zero attached hydrogens (tertiary/aromatic N) is 3. The molecular formula is C22H15F2N3O6S. The number of hydrogen-bond donors (Lipinski definition) is 0. The molecule has 34 heavy (non-hydrogen) atoms. The summed E-state index contributed by atoms with van der Waals surface area (Å²) in [5, 5.41) is 4.71. The summed E-state index contributed by atoms with van der Waals surface area (Å²) in [4.78, 5) is 16.6. The molecule has 174 valence electrons. The monoisotopic (exact) mass is 487 g/mol. The first-order valence-corrected chi connectivity index (χ1v) is 11.3. The van der Waals surface area contributed by atoms with Gasteiger partial charge in [-0.1, -0.05) is 6.07 Å². The smallest absolute Gasteiger partial charge is 0.481 e. The van der Waals surface area contributed by atoms with Gasteiger partial charge in [0.2, 0.25) is 15.7 Å². The van der Waals surface area contributed by atoms with Gasteiger partial charge in [0.1, 0.15) is 0 Å². The highest BCUT2D eigenvalue weighted by Gasteiger charge is 2.43. The Morgan fingerprint density at radius 3 is 2.47 bits per heavy atom. The molecule has 3 heterocycles. The van der Waals surface area contributed by atoms with Crippen molar-refractivity contribution in [2.24, 2.45) is 0 Å². The predicted molar refractivity (Wildman–Crippen MR) is 114 cm³/mol. The molecule has 12 heteroatoms. The number of ether oxygens (including phenoxy) is 3. The highest BCUT2D eigenvalue weighted by Crippen LogP contribution is 2.42. The molecule has 0 saturated carbocycles. The van der Waals surface area contributed by atoms with Crippen LogP contribution in [0.5, 0.6) is 17.4 Å². The fourth-order valence-corrected chi connectivity index (χ4v) is 4.79. The minimum Gasteiger partial charge on any atom is -0.481 e. The summed E-state index contributed by atoms with van der Waals surface area (Å²) >= 11 is 0. The highest BCUT2D eigenvalue weighted by atomic mass is 32.2. The van der Waals surface area contributed by atoms with Gasteiger partial charge in [0.25, 0.3) is 5.56 Å². The fourth-order valence-electron chi connectivity index (χ4n) is 3.48. The zero-order valence-electron chi connectivity index (χ0n) is 17.4. The Labute approximate surface area is 191 Å². The van der Waals surface area contributed by atoms with Crippen molar-refractivity contribution in [2.45, 2.75) is 22.6 Å². The van der Waals surface area contributed by atoms with E-state index in [0.717, 1.165) is 23.8 Å². The minimum atomic E-state index is -4.10. The van der Waals surface area contributed by atoms with E-state index in [9.17, 15) is 22.0 Å². The van der Waals surface area contributed by atoms with Crippen molar-refractivity contribution in [3.63, 3.8) is 0 Å². The molecule has 0 atom stereocenters. The number of fused-ring (bicyclic) bond motifs is 2. The van der Waals surface area contributed by atoms with Gasteiger partial charge in [-0.15, -0.1) is 8.78 Å². The average molecular weight is 487 g/mol.